The minimum Gasteiger partial charge on any atom is -0.375 e. The Morgan fingerprint density at radius 3 is 2.48 bits per heavy atom. The first kappa shape index (κ1) is 17.6. The number of nitrogens with zero attached hydrogens (tertiary/aromatic N) is 2. The lowest BCUT2D eigenvalue weighted by atomic mass is 9.69. The second kappa shape index (κ2) is 7.43. The van der Waals surface area contributed by atoms with E-state index in [9.17, 15) is 4.79 Å². The number of nitrogens with one attached hydrogen (secondary N) is 1. The van der Waals surface area contributed by atoms with Crippen LogP contribution in [-0.2, 0) is 4.74 Å². The number of hydrogen-bond acceptors (Lipinski definition) is 3. The molecule has 5 heteroatoms. The van der Waals surface area contributed by atoms with E-state index in [4.69, 9.17) is 4.74 Å². The van der Waals surface area contributed by atoms with E-state index < -0.39 is 0 Å². The molecule has 4 rings (SSSR count). The van der Waals surface area contributed by atoms with Crippen LogP contribution in [0.15, 0.2) is 0 Å². The Morgan fingerprint density at radius 1 is 1.12 bits per heavy atom. The second-order valence-electron chi connectivity index (χ2n) is 8.64. The summed E-state index contributed by atoms with van der Waals surface area (Å²) in [5, 5.41) is 2.94. The van der Waals surface area contributed by atoms with Gasteiger partial charge in [-0.1, -0.05) is 19.3 Å². The number of amides is 2. The van der Waals surface area contributed by atoms with Crippen molar-refractivity contribution in [2.45, 2.75) is 82.4 Å². The number of ether oxygens (including phenoxy) is 1. The van der Waals surface area contributed by atoms with Gasteiger partial charge in [0.15, 0.2) is 0 Å². The van der Waals surface area contributed by atoms with E-state index in [0.717, 1.165) is 45.0 Å². The third-order valence-electron chi connectivity index (χ3n) is 7.00. The van der Waals surface area contributed by atoms with E-state index in [1.807, 2.05) is 11.8 Å². The first-order valence-electron chi connectivity index (χ1n) is 10.6. The maximum Gasteiger partial charge on any atom is 0.317 e. The van der Waals surface area contributed by atoms with Gasteiger partial charge in [-0.3, -0.25) is 4.90 Å². The molecular formula is C20H35N3O2. The van der Waals surface area contributed by atoms with Crippen molar-refractivity contribution >= 4 is 6.03 Å². The maximum atomic E-state index is 12.0. The predicted octanol–water partition coefficient (Wildman–Crippen LogP) is 2.99. The standard InChI is InChI=1S/C20H35N3O2/c1-2-21-19(24)22-12-8-17(9-13-22)23-14-18(25-15-16-6-7-16)20(23)10-4-3-5-11-20/h16-18H,2-15H2,1H3,(H,21,24). The van der Waals surface area contributed by atoms with Crippen molar-refractivity contribution in [3.8, 4) is 0 Å². The molecule has 2 aliphatic heterocycles. The molecule has 2 heterocycles. The van der Waals surface area contributed by atoms with Gasteiger partial charge in [0.1, 0.15) is 0 Å². The Labute approximate surface area is 152 Å². The molecule has 0 aromatic heterocycles. The Kier molecular flexibility index (Phi) is 5.23. The molecule has 0 bridgehead atoms. The van der Waals surface area contributed by atoms with Gasteiger partial charge in [0.2, 0.25) is 0 Å². The van der Waals surface area contributed by atoms with Crippen LogP contribution in [0.4, 0.5) is 4.79 Å². The quantitative estimate of drug-likeness (QED) is 0.830. The topological polar surface area (TPSA) is 44.8 Å². The molecule has 2 aliphatic carbocycles. The molecule has 1 unspecified atom stereocenters. The van der Waals surface area contributed by atoms with Gasteiger partial charge < -0.3 is 15.0 Å². The molecule has 25 heavy (non-hydrogen) atoms. The molecule has 4 fully saturated rings. The van der Waals surface area contributed by atoms with Crippen LogP contribution < -0.4 is 5.32 Å². The summed E-state index contributed by atoms with van der Waals surface area (Å²) in [6.45, 7) is 6.62. The molecule has 0 radical (unpaired) electrons. The van der Waals surface area contributed by atoms with Gasteiger partial charge in [-0.25, -0.2) is 4.79 Å². The van der Waals surface area contributed by atoms with Crippen LogP contribution in [0.1, 0.15) is 64.7 Å². The van der Waals surface area contributed by atoms with Crippen molar-refractivity contribution in [3.63, 3.8) is 0 Å². The van der Waals surface area contributed by atoms with Crippen molar-refractivity contribution < 1.29 is 9.53 Å². The summed E-state index contributed by atoms with van der Waals surface area (Å²) >= 11 is 0. The number of carbonyl (C=O) groups excluding carboxylic acids is 1. The van der Waals surface area contributed by atoms with Gasteiger partial charge in [0.05, 0.1) is 6.10 Å². The third-order valence-corrected chi connectivity index (χ3v) is 7.00. The highest BCUT2D eigenvalue weighted by Crippen LogP contribution is 2.48. The number of urea groups is 1. The summed E-state index contributed by atoms with van der Waals surface area (Å²) in [6.07, 6.45) is 12.2. The van der Waals surface area contributed by atoms with E-state index in [0.29, 0.717) is 24.2 Å². The molecule has 1 N–H and O–H groups in total. The zero-order chi connectivity index (χ0) is 17.3. The smallest absolute Gasteiger partial charge is 0.317 e. The molecule has 142 valence electrons. The highest BCUT2D eigenvalue weighted by Gasteiger charge is 2.56. The van der Waals surface area contributed by atoms with Crippen LogP contribution in [-0.4, -0.2) is 66.3 Å². The lowest BCUT2D eigenvalue weighted by molar-refractivity contribution is -0.202. The molecule has 0 aromatic carbocycles. The molecule has 4 aliphatic rings. The maximum absolute atomic E-state index is 12.0. The van der Waals surface area contributed by atoms with Gasteiger partial charge in [-0.2, -0.15) is 0 Å². The normalized spacial score (nSPS) is 30.3. The molecular weight excluding hydrogens is 314 g/mol. The Balaban J connectivity index is 1.34. The minimum atomic E-state index is 0.114. The average Bonchev–Trinajstić information content (AvgIpc) is 3.46. The predicted molar refractivity (Wildman–Crippen MR) is 98.7 cm³/mol. The Morgan fingerprint density at radius 2 is 1.84 bits per heavy atom. The second-order valence-corrected chi connectivity index (χ2v) is 8.64. The van der Waals surface area contributed by atoms with Crippen LogP contribution in [0.3, 0.4) is 0 Å². The van der Waals surface area contributed by atoms with E-state index >= 15 is 0 Å². The molecule has 1 atom stereocenters. The summed E-state index contributed by atoms with van der Waals surface area (Å²) in [7, 11) is 0. The van der Waals surface area contributed by atoms with E-state index in [1.165, 1.54) is 44.9 Å². The SMILES string of the molecule is CCNC(=O)N1CCC(N2CC(OCC3CC3)C23CCCCC3)CC1. The summed E-state index contributed by atoms with van der Waals surface area (Å²) in [4.78, 5) is 16.8. The average molecular weight is 350 g/mol. The van der Waals surface area contributed by atoms with E-state index in [2.05, 4.69) is 10.2 Å². The van der Waals surface area contributed by atoms with Crippen molar-refractivity contribution in [3.05, 3.63) is 0 Å². The highest BCUT2D eigenvalue weighted by atomic mass is 16.5. The van der Waals surface area contributed by atoms with Crippen LogP contribution >= 0.6 is 0 Å². The Bertz CT molecular complexity index is 466. The zero-order valence-corrected chi connectivity index (χ0v) is 15.8. The first-order valence-corrected chi connectivity index (χ1v) is 10.6. The lowest BCUT2D eigenvalue weighted by Gasteiger charge is -2.63. The zero-order valence-electron chi connectivity index (χ0n) is 15.8. The molecule has 0 aromatic rings. The third kappa shape index (κ3) is 3.55. The van der Waals surface area contributed by atoms with Crippen LogP contribution in [0.2, 0.25) is 0 Å². The monoisotopic (exact) mass is 349 g/mol. The number of piperidine rings is 1. The molecule has 2 saturated carbocycles. The largest absolute Gasteiger partial charge is 0.375 e. The van der Waals surface area contributed by atoms with E-state index in [-0.39, 0.29) is 6.03 Å². The fourth-order valence-corrected chi connectivity index (χ4v) is 5.28. The number of likely N-dealkylation sites (tertiary alicyclic amines) is 2. The molecule has 2 amide bonds. The van der Waals surface area contributed by atoms with Crippen molar-refractivity contribution in [1.82, 2.24) is 15.1 Å². The summed E-state index contributed by atoms with van der Waals surface area (Å²) in [5.74, 6) is 0.856. The van der Waals surface area contributed by atoms with Crippen LogP contribution in [0.5, 0.6) is 0 Å². The number of carbonyl (C=O) groups is 1. The lowest BCUT2D eigenvalue weighted by Crippen LogP contribution is -2.75. The fraction of sp³-hybridized carbons (Fsp3) is 0.950. The van der Waals surface area contributed by atoms with Crippen molar-refractivity contribution in [2.24, 2.45) is 5.92 Å². The highest BCUT2D eigenvalue weighted by molar-refractivity contribution is 5.74. The summed E-state index contributed by atoms with van der Waals surface area (Å²) in [6, 6.07) is 0.757. The van der Waals surface area contributed by atoms with Gasteiger partial charge in [-0.05, 0) is 51.4 Å². The summed E-state index contributed by atoms with van der Waals surface area (Å²) < 4.78 is 6.39. The van der Waals surface area contributed by atoms with Crippen molar-refractivity contribution in [2.75, 3.05) is 32.8 Å². The number of rotatable bonds is 5. The van der Waals surface area contributed by atoms with Crippen LogP contribution in [0.25, 0.3) is 0 Å². The van der Waals surface area contributed by atoms with Gasteiger partial charge in [-0.15, -0.1) is 0 Å². The molecule has 1 spiro atoms. The van der Waals surface area contributed by atoms with Crippen molar-refractivity contribution in [1.29, 1.82) is 0 Å². The van der Waals surface area contributed by atoms with E-state index in [1.54, 1.807) is 0 Å². The number of hydrogen-bond donors (Lipinski definition) is 1. The van der Waals surface area contributed by atoms with Crippen LogP contribution in [0, 0.1) is 5.92 Å². The first-order chi connectivity index (χ1) is 12.2. The fourth-order valence-electron chi connectivity index (χ4n) is 5.28. The summed E-state index contributed by atoms with van der Waals surface area (Å²) in [5.41, 5.74) is 0.325. The Hall–Kier alpha value is -0.810. The van der Waals surface area contributed by atoms with Gasteiger partial charge >= 0.3 is 6.03 Å². The molecule has 2 saturated heterocycles. The molecule has 5 nitrogen and oxygen atoms in total. The minimum absolute atomic E-state index is 0.114. The van der Waals surface area contributed by atoms with Gasteiger partial charge in [0.25, 0.3) is 0 Å². The van der Waals surface area contributed by atoms with Gasteiger partial charge in [0, 0.05) is 44.4 Å².